The number of urea groups is 1. The molecule has 0 fully saturated rings. The maximum Gasteiger partial charge on any atom is 0.321 e. The molecular weight excluding hydrogens is 254 g/mol. The van der Waals surface area contributed by atoms with E-state index in [2.05, 4.69) is 5.32 Å². The van der Waals surface area contributed by atoms with Gasteiger partial charge in [-0.3, -0.25) is 10.1 Å². The largest absolute Gasteiger partial charge is 0.334 e. The molecule has 0 saturated carbocycles. The fourth-order valence-corrected chi connectivity index (χ4v) is 1.11. The zero-order valence-corrected chi connectivity index (χ0v) is 9.35. The van der Waals surface area contributed by atoms with Gasteiger partial charge in [0.2, 0.25) is 5.91 Å². The number of amides is 3. The Kier molecular flexibility index (Phi) is 4.84. The van der Waals surface area contributed by atoms with Crippen molar-refractivity contribution >= 4 is 23.5 Å². The molecule has 0 unspecified atom stereocenters. The highest BCUT2D eigenvalue weighted by Gasteiger charge is 2.08. The number of hydrogen-bond donors (Lipinski definition) is 2. The molecule has 1 aromatic carbocycles. The van der Waals surface area contributed by atoms with Crippen molar-refractivity contribution in [1.29, 1.82) is 0 Å². The summed E-state index contributed by atoms with van der Waals surface area (Å²) in [5, 5.41) is 4.15. The third-order valence-corrected chi connectivity index (χ3v) is 2.07. The number of carbonyl (C=O) groups excluding carboxylic acids is 2. The summed E-state index contributed by atoms with van der Waals surface area (Å²) in [7, 11) is 0. The molecule has 0 aliphatic carbocycles. The molecule has 1 rings (SSSR count). The van der Waals surface area contributed by atoms with Gasteiger partial charge in [0.05, 0.1) is 0 Å². The molecule has 0 atom stereocenters. The molecule has 0 radical (unpaired) electrons. The van der Waals surface area contributed by atoms with E-state index in [9.17, 15) is 18.4 Å². The molecule has 0 aliphatic heterocycles. The highest BCUT2D eigenvalue weighted by atomic mass is 35.5. The van der Waals surface area contributed by atoms with Crippen molar-refractivity contribution in [2.75, 3.05) is 5.88 Å². The molecule has 4 nitrogen and oxygen atoms in total. The van der Waals surface area contributed by atoms with Gasteiger partial charge in [0.15, 0.2) is 0 Å². The van der Waals surface area contributed by atoms with Gasteiger partial charge in [-0.15, -0.1) is 11.6 Å². The van der Waals surface area contributed by atoms with Gasteiger partial charge in [-0.1, -0.05) is 6.07 Å². The average Bonchev–Trinajstić information content (AvgIpc) is 2.27. The van der Waals surface area contributed by atoms with E-state index in [1.807, 2.05) is 5.32 Å². The molecular formula is C10H9ClF2N2O2. The summed E-state index contributed by atoms with van der Waals surface area (Å²) in [5.74, 6) is -2.48. The van der Waals surface area contributed by atoms with Gasteiger partial charge in [0.1, 0.15) is 17.5 Å². The van der Waals surface area contributed by atoms with Crippen LogP contribution in [0.3, 0.4) is 0 Å². The second-order valence-electron chi connectivity index (χ2n) is 3.10. The van der Waals surface area contributed by atoms with E-state index in [0.717, 1.165) is 6.07 Å². The van der Waals surface area contributed by atoms with Crippen LogP contribution in [0.4, 0.5) is 13.6 Å². The molecule has 0 aliphatic rings. The van der Waals surface area contributed by atoms with Crippen LogP contribution in [0, 0.1) is 11.6 Å². The number of nitrogens with one attached hydrogen (secondary N) is 2. The van der Waals surface area contributed by atoms with Crippen LogP contribution in [-0.4, -0.2) is 17.8 Å². The lowest BCUT2D eigenvalue weighted by Gasteiger charge is -2.06. The van der Waals surface area contributed by atoms with Gasteiger partial charge in [-0.25, -0.2) is 13.6 Å². The Balaban J connectivity index is 2.50. The first-order chi connectivity index (χ1) is 8.02. The van der Waals surface area contributed by atoms with E-state index in [1.165, 1.54) is 6.07 Å². The summed E-state index contributed by atoms with van der Waals surface area (Å²) in [6, 6.07) is 2.19. The van der Waals surface area contributed by atoms with Crippen LogP contribution in [0.15, 0.2) is 18.2 Å². The Labute approximate surface area is 101 Å². The van der Waals surface area contributed by atoms with E-state index < -0.39 is 23.6 Å². The van der Waals surface area contributed by atoms with Crippen LogP contribution in [0.5, 0.6) is 0 Å². The minimum atomic E-state index is -0.792. The van der Waals surface area contributed by atoms with Gasteiger partial charge in [0.25, 0.3) is 0 Å². The van der Waals surface area contributed by atoms with E-state index in [0.29, 0.717) is 6.07 Å². The third kappa shape index (κ3) is 4.36. The number of carbonyl (C=O) groups is 2. The van der Waals surface area contributed by atoms with Crippen molar-refractivity contribution < 1.29 is 18.4 Å². The van der Waals surface area contributed by atoms with Crippen molar-refractivity contribution in [1.82, 2.24) is 10.6 Å². The second-order valence-corrected chi connectivity index (χ2v) is 3.37. The van der Waals surface area contributed by atoms with Crippen LogP contribution < -0.4 is 10.6 Å². The molecule has 17 heavy (non-hydrogen) atoms. The normalized spacial score (nSPS) is 9.82. The van der Waals surface area contributed by atoms with Crippen LogP contribution in [0.25, 0.3) is 0 Å². The summed E-state index contributed by atoms with van der Waals surface area (Å²) >= 11 is 5.16. The molecule has 92 valence electrons. The minimum Gasteiger partial charge on any atom is -0.334 e. The van der Waals surface area contributed by atoms with Gasteiger partial charge < -0.3 is 5.32 Å². The number of benzene rings is 1. The van der Waals surface area contributed by atoms with Gasteiger partial charge in [-0.05, 0) is 6.07 Å². The van der Waals surface area contributed by atoms with Crippen molar-refractivity contribution in [2.45, 2.75) is 6.54 Å². The Morgan fingerprint density at radius 2 is 2.00 bits per heavy atom. The third-order valence-electron chi connectivity index (χ3n) is 1.83. The number of halogens is 3. The maximum absolute atomic E-state index is 13.1. The molecule has 1 aromatic rings. The molecule has 2 N–H and O–H groups in total. The first-order valence-electron chi connectivity index (χ1n) is 4.60. The standard InChI is InChI=1S/C10H9ClF2N2O2/c11-4-9(16)15-10(17)14-5-6-1-2-7(12)3-8(6)13/h1-3H,4-5H2,(H2,14,15,16,17). The van der Waals surface area contributed by atoms with Crippen molar-refractivity contribution in [3.8, 4) is 0 Å². The first-order valence-corrected chi connectivity index (χ1v) is 5.14. The Morgan fingerprint density at radius 3 is 2.59 bits per heavy atom. The first kappa shape index (κ1) is 13.4. The number of hydrogen-bond acceptors (Lipinski definition) is 2. The fraction of sp³-hybridized carbons (Fsp3) is 0.200. The predicted molar refractivity (Wildman–Crippen MR) is 57.5 cm³/mol. The average molecular weight is 263 g/mol. The molecule has 0 heterocycles. The zero-order valence-electron chi connectivity index (χ0n) is 8.60. The molecule has 0 spiro atoms. The lowest BCUT2D eigenvalue weighted by molar-refractivity contribution is -0.117. The van der Waals surface area contributed by atoms with Gasteiger partial charge in [0, 0.05) is 18.2 Å². The molecule has 7 heteroatoms. The van der Waals surface area contributed by atoms with Crippen LogP contribution in [0.2, 0.25) is 0 Å². The smallest absolute Gasteiger partial charge is 0.321 e. The highest BCUT2D eigenvalue weighted by molar-refractivity contribution is 6.28. The van der Waals surface area contributed by atoms with Gasteiger partial charge in [-0.2, -0.15) is 0 Å². The predicted octanol–water partition coefficient (Wildman–Crippen LogP) is 1.53. The topological polar surface area (TPSA) is 58.2 Å². The van der Waals surface area contributed by atoms with Crippen LogP contribution in [0.1, 0.15) is 5.56 Å². The maximum atomic E-state index is 13.1. The van der Waals surface area contributed by atoms with E-state index in [1.54, 1.807) is 0 Å². The van der Waals surface area contributed by atoms with Crippen molar-refractivity contribution in [3.05, 3.63) is 35.4 Å². The zero-order chi connectivity index (χ0) is 12.8. The van der Waals surface area contributed by atoms with E-state index in [-0.39, 0.29) is 18.0 Å². The lowest BCUT2D eigenvalue weighted by atomic mass is 10.2. The number of alkyl halides is 1. The van der Waals surface area contributed by atoms with E-state index in [4.69, 9.17) is 11.6 Å². The summed E-state index contributed by atoms with van der Waals surface area (Å²) in [6.45, 7) is -0.159. The van der Waals surface area contributed by atoms with E-state index >= 15 is 0 Å². The summed E-state index contributed by atoms with van der Waals surface area (Å²) in [5.41, 5.74) is 0.111. The monoisotopic (exact) mass is 262 g/mol. The SMILES string of the molecule is O=C(CCl)NC(=O)NCc1ccc(F)cc1F. The fourth-order valence-electron chi connectivity index (χ4n) is 1.04. The van der Waals surface area contributed by atoms with Crippen LogP contribution in [-0.2, 0) is 11.3 Å². The molecule has 3 amide bonds. The van der Waals surface area contributed by atoms with Crippen LogP contribution >= 0.6 is 11.6 Å². The van der Waals surface area contributed by atoms with Crippen molar-refractivity contribution in [2.24, 2.45) is 0 Å². The number of rotatable bonds is 3. The summed E-state index contributed by atoms with van der Waals surface area (Å²) in [4.78, 5) is 21.8. The summed E-state index contributed by atoms with van der Waals surface area (Å²) in [6.07, 6.45) is 0. The van der Waals surface area contributed by atoms with Crippen molar-refractivity contribution in [3.63, 3.8) is 0 Å². The molecule has 0 aromatic heterocycles. The quantitative estimate of drug-likeness (QED) is 0.812. The lowest BCUT2D eigenvalue weighted by Crippen LogP contribution is -2.39. The molecule has 0 bridgehead atoms. The Bertz CT molecular complexity index is 440. The summed E-state index contributed by atoms with van der Waals surface area (Å²) < 4.78 is 25.7. The minimum absolute atomic E-state index is 0.111. The number of imide groups is 1. The molecule has 0 saturated heterocycles. The Hall–Kier alpha value is -1.69. The Morgan fingerprint density at radius 1 is 1.29 bits per heavy atom. The van der Waals surface area contributed by atoms with Gasteiger partial charge >= 0.3 is 6.03 Å². The second kappa shape index (κ2) is 6.15. The highest BCUT2D eigenvalue weighted by Crippen LogP contribution is 2.08.